The number of carboxylic acids is 1. The Kier molecular flexibility index (Phi) is 8.40. The van der Waals surface area contributed by atoms with Crippen LogP contribution in [-0.4, -0.2) is 55.8 Å². The molecule has 4 fully saturated rings. The van der Waals surface area contributed by atoms with Crippen LogP contribution in [0.2, 0.25) is 0 Å². The summed E-state index contributed by atoms with van der Waals surface area (Å²) in [6.45, 7) is 24.6. The molecule has 3 saturated carbocycles. The minimum atomic E-state index is -0.616. The van der Waals surface area contributed by atoms with Gasteiger partial charge in [0, 0.05) is 18.1 Å². The first-order valence-corrected chi connectivity index (χ1v) is 17.3. The highest BCUT2D eigenvalue weighted by Gasteiger charge is 2.72. The number of hydrogen-bond acceptors (Lipinski definition) is 5. The van der Waals surface area contributed by atoms with Gasteiger partial charge in [0.2, 0.25) is 0 Å². The fraction of sp³-hybridized carbons (Fsp3) is 0.919. The van der Waals surface area contributed by atoms with Gasteiger partial charge in [-0.25, -0.2) is 0 Å². The van der Waals surface area contributed by atoms with E-state index in [0.29, 0.717) is 36.9 Å². The summed E-state index contributed by atoms with van der Waals surface area (Å²) in [5.74, 6) is 0.766. The van der Waals surface area contributed by atoms with Gasteiger partial charge in [-0.3, -0.25) is 4.79 Å². The molecule has 0 aromatic rings. The van der Waals surface area contributed by atoms with Crippen molar-refractivity contribution in [1.82, 2.24) is 0 Å². The van der Waals surface area contributed by atoms with Crippen LogP contribution in [0.3, 0.4) is 0 Å². The normalized spacial score (nSPS) is 48.0. The molecule has 6 nitrogen and oxygen atoms in total. The lowest BCUT2D eigenvalue weighted by atomic mass is 9.34. The smallest absolute Gasteiger partial charge is 0.307 e. The van der Waals surface area contributed by atoms with Crippen LogP contribution >= 0.6 is 0 Å². The molecule has 4 aliphatic carbocycles. The van der Waals surface area contributed by atoms with Crippen molar-refractivity contribution in [2.24, 2.45) is 68.3 Å². The Morgan fingerprint density at radius 2 is 1.77 bits per heavy atom. The highest BCUT2D eigenvalue weighted by molar-refractivity contribution is 5.73. The highest BCUT2D eigenvalue weighted by atomic mass is 16.5. The second-order valence-electron chi connectivity index (χ2n) is 17.7. The maximum absolute atomic E-state index is 13.4. The van der Waals surface area contributed by atoms with Crippen molar-refractivity contribution in [2.75, 3.05) is 26.9 Å². The molecule has 0 spiro atoms. The summed E-state index contributed by atoms with van der Waals surface area (Å²) in [5, 5.41) is 11.0. The van der Waals surface area contributed by atoms with Crippen LogP contribution in [0.15, 0.2) is 11.6 Å². The van der Waals surface area contributed by atoms with E-state index in [9.17, 15) is 9.90 Å². The summed E-state index contributed by atoms with van der Waals surface area (Å²) in [7, 11) is 1.84. The Morgan fingerprint density at radius 1 is 1.09 bits per heavy atom. The SMILES string of the molecule is CO[C@@H]1C[C@]2(C)COC[C@@]3(C4=CC[C@@]5(C)[C@H](C(=O)O)[C@@](C)([C@H](C)C(C)C)CC[C@]5(C)[C@H]4CC[C@H]23)[C@H]1OCC(C)(N)C(C)C. The maximum atomic E-state index is 13.4. The molecule has 1 saturated heterocycles. The Balaban J connectivity index is 1.64. The zero-order valence-electron chi connectivity index (χ0n) is 29.2. The standard InChI is InChI=1S/C37H63NO5/c1-22(2)24(5)33(7)16-17-34(8)25-12-13-28-32(6)18-27(41-11)30(43-20-36(10,38)23(3)4)37(28,21-42-19-32)26(25)14-15-35(34,9)29(33)31(39)40/h14,22-25,27-30H,12-13,15-21,38H2,1-11H3,(H,39,40)/t24-,25+,27-,28-,29-,30+,32-,33-,34-,35+,36?,37+/m1/s1. The molecule has 2 bridgehead atoms. The number of allylic oxidation sites excluding steroid dienone is 1. The number of ether oxygens (including phenoxy) is 3. The largest absolute Gasteiger partial charge is 0.481 e. The average molecular weight is 602 g/mol. The Hall–Kier alpha value is -0.950. The van der Waals surface area contributed by atoms with Crippen LogP contribution in [0.1, 0.15) is 108 Å². The van der Waals surface area contributed by atoms with E-state index in [1.165, 1.54) is 5.57 Å². The van der Waals surface area contributed by atoms with Crippen LogP contribution in [0.25, 0.3) is 0 Å². The molecule has 1 heterocycles. The fourth-order valence-electron chi connectivity index (χ4n) is 11.5. The molecular weight excluding hydrogens is 538 g/mol. The summed E-state index contributed by atoms with van der Waals surface area (Å²) in [6.07, 6.45) is 8.23. The summed E-state index contributed by atoms with van der Waals surface area (Å²) < 4.78 is 19.9. The van der Waals surface area contributed by atoms with Crippen LogP contribution in [0, 0.1) is 62.6 Å². The van der Waals surface area contributed by atoms with Gasteiger partial charge in [-0.1, -0.05) is 74.0 Å². The first-order chi connectivity index (χ1) is 19.9. The van der Waals surface area contributed by atoms with E-state index in [2.05, 4.69) is 75.3 Å². The molecular formula is C37H63NO5. The third-order valence-corrected chi connectivity index (χ3v) is 15.2. The van der Waals surface area contributed by atoms with Crippen LogP contribution < -0.4 is 5.73 Å². The van der Waals surface area contributed by atoms with E-state index in [4.69, 9.17) is 19.9 Å². The molecule has 5 aliphatic rings. The highest BCUT2D eigenvalue weighted by Crippen LogP contribution is 2.75. The summed E-state index contributed by atoms with van der Waals surface area (Å²) in [5.41, 5.74) is 6.82. The predicted molar refractivity (Wildman–Crippen MR) is 172 cm³/mol. The number of aliphatic carboxylic acids is 1. The van der Waals surface area contributed by atoms with E-state index in [1.54, 1.807) is 0 Å². The summed E-state index contributed by atoms with van der Waals surface area (Å²) in [4.78, 5) is 13.4. The molecule has 0 aromatic carbocycles. The topological polar surface area (TPSA) is 91.0 Å². The molecule has 43 heavy (non-hydrogen) atoms. The molecule has 3 N–H and O–H groups in total. The van der Waals surface area contributed by atoms with Gasteiger partial charge in [0.05, 0.1) is 37.9 Å². The number of fused-ring (bicyclic) bond motifs is 3. The van der Waals surface area contributed by atoms with Crippen molar-refractivity contribution >= 4 is 5.97 Å². The minimum absolute atomic E-state index is 0.0117. The van der Waals surface area contributed by atoms with Crippen molar-refractivity contribution in [3.63, 3.8) is 0 Å². The molecule has 0 radical (unpaired) electrons. The van der Waals surface area contributed by atoms with E-state index in [1.807, 2.05) is 7.11 Å². The van der Waals surface area contributed by atoms with Gasteiger partial charge in [-0.15, -0.1) is 0 Å². The quantitative estimate of drug-likeness (QED) is 0.283. The molecule has 5 rings (SSSR count). The van der Waals surface area contributed by atoms with Crippen molar-refractivity contribution in [1.29, 1.82) is 0 Å². The lowest BCUT2D eigenvalue weighted by Gasteiger charge is -2.71. The van der Waals surface area contributed by atoms with E-state index < -0.39 is 17.4 Å². The zero-order valence-corrected chi connectivity index (χ0v) is 29.2. The van der Waals surface area contributed by atoms with Crippen LogP contribution in [0.4, 0.5) is 0 Å². The summed E-state index contributed by atoms with van der Waals surface area (Å²) >= 11 is 0. The van der Waals surface area contributed by atoms with Gasteiger partial charge in [0.15, 0.2) is 0 Å². The van der Waals surface area contributed by atoms with Gasteiger partial charge in [0.25, 0.3) is 0 Å². The first kappa shape index (κ1) is 33.4. The number of carboxylic acid groups (broad SMARTS) is 1. The van der Waals surface area contributed by atoms with Gasteiger partial charge in [-0.05, 0) is 96.7 Å². The zero-order chi connectivity index (χ0) is 32.0. The van der Waals surface area contributed by atoms with Crippen molar-refractivity contribution in [3.8, 4) is 0 Å². The van der Waals surface area contributed by atoms with Gasteiger partial charge in [0.1, 0.15) is 0 Å². The second kappa shape index (κ2) is 10.8. The van der Waals surface area contributed by atoms with Crippen LogP contribution in [-0.2, 0) is 19.0 Å². The van der Waals surface area contributed by atoms with E-state index >= 15 is 0 Å². The van der Waals surface area contributed by atoms with Crippen molar-refractivity contribution in [2.45, 2.75) is 126 Å². The predicted octanol–water partition coefficient (Wildman–Crippen LogP) is 7.35. The Bertz CT molecular complexity index is 1120. The second-order valence-corrected chi connectivity index (χ2v) is 17.7. The Labute approximate surface area is 262 Å². The van der Waals surface area contributed by atoms with E-state index in [0.717, 1.165) is 45.1 Å². The van der Waals surface area contributed by atoms with E-state index in [-0.39, 0.29) is 45.2 Å². The number of rotatable bonds is 8. The molecule has 246 valence electrons. The molecule has 12 atom stereocenters. The monoisotopic (exact) mass is 601 g/mol. The number of nitrogens with two attached hydrogens (primary N) is 1. The Morgan fingerprint density at radius 3 is 2.35 bits per heavy atom. The van der Waals surface area contributed by atoms with Crippen molar-refractivity contribution in [3.05, 3.63) is 11.6 Å². The molecule has 1 aliphatic heterocycles. The maximum Gasteiger partial charge on any atom is 0.307 e. The third-order valence-electron chi connectivity index (χ3n) is 15.2. The average Bonchev–Trinajstić information content (AvgIpc) is 2.91. The molecule has 0 aromatic heterocycles. The number of methoxy groups -OCH3 is 1. The first-order valence-electron chi connectivity index (χ1n) is 17.3. The van der Waals surface area contributed by atoms with Gasteiger partial charge < -0.3 is 25.1 Å². The molecule has 6 heteroatoms. The third kappa shape index (κ3) is 4.57. The minimum Gasteiger partial charge on any atom is -0.481 e. The number of hydrogen-bond donors (Lipinski definition) is 2. The van der Waals surface area contributed by atoms with Gasteiger partial charge in [-0.2, -0.15) is 0 Å². The molecule has 0 amide bonds. The summed E-state index contributed by atoms with van der Waals surface area (Å²) in [6, 6.07) is 0. The lowest BCUT2D eigenvalue weighted by Crippen LogP contribution is -2.71. The van der Waals surface area contributed by atoms with Crippen molar-refractivity contribution < 1.29 is 24.1 Å². The van der Waals surface area contributed by atoms with Crippen LogP contribution in [0.5, 0.6) is 0 Å². The van der Waals surface area contributed by atoms with Gasteiger partial charge >= 0.3 is 5.97 Å². The fourth-order valence-corrected chi connectivity index (χ4v) is 11.5. The number of carbonyl (C=O) groups is 1. The molecule has 1 unspecified atom stereocenters. The lowest BCUT2D eigenvalue weighted by molar-refractivity contribution is -0.270.